The number of aryl methyl sites for hydroxylation is 1. The van der Waals surface area contributed by atoms with E-state index in [9.17, 15) is 4.79 Å². The molecule has 2 aromatic rings. The van der Waals surface area contributed by atoms with Crippen LogP contribution in [0.25, 0.3) is 0 Å². The number of carbonyl (C=O) groups is 1. The molecule has 1 aromatic carbocycles. The third-order valence-electron chi connectivity index (χ3n) is 4.10. The fourth-order valence-electron chi connectivity index (χ4n) is 3.07. The summed E-state index contributed by atoms with van der Waals surface area (Å²) < 4.78 is 7.08. The van der Waals surface area contributed by atoms with Crippen LogP contribution < -0.4 is 5.32 Å². The summed E-state index contributed by atoms with van der Waals surface area (Å²) in [6, 6.07) is 8.07. The van der Waals surface area contributed by atoms with Crippen molar-refractivity contribution in [1.29, 1.82) is 0 Å². The van der Waals surface area contributed by atoms with E-state index in [0.29, 0.717) is 19.7 Å². The molecule has 6 nitrogen and oxygen atoms in total. The molecular weight excluding hydrogens is 280 g/mol. The first-order chi connectivity index (χ1) is 10.8. The molecule has 0 amide bonds. The second kappa shape index (κ2) is 6.27. The van der Waals surface area contributed by atoms with Crippen LogP contribution in [-0.2, 0) is 28.0 Å². The molecule has 1 aromatic heterocycles. The third kappa shape index (κ3) is 2.62. The van der Waals surface area contributed by atoms with Gasteiger partial charge in [0, 0.05) is 6.54 Å². The first kappa shape index (κ1) is 14.7. The zero-order valence-electron chi connectivity index (χ0n) is 12.7. The molecule has 3 rings (SSSR count). The summed E-state index contributed by atoms with van der Waals surface area (Å²) in [7, 11) is 0. The van der Waals surface area contributed by atoms with Crippen LogP contribution in [0.1, 0.15) is 24.5 Å². The number of hydrogen-bond acceptors (Lipinski definition) is 5. The molecule has 1 aliphatic rings. The number of hydrogen-bond donors (Lipinski definition) is 1. The van der Waals surface area contributed by atoms with Crippen molar-refractivity contribution in [3.63, 3.8) is 0 Å². The Hall–Kier alpha value is -2.21. The smallest absolute Gasteiger partial charge is 0.331 e. The summed E-state index contributed by atoms with van der Waals surface area (Å²) >= 11 is 0. The van der Waals surface area contributed by atoms with Gasteiger partial charge < -0.3 is 4.74 Å². The number of rotatable bonds is 6. The first-order valence-corrected chi connectivity index (χ1v) is 7.59. The summed E-state index contributed by atoms with van der Waals surface area (Å²) in [6.07, 6.45) is 4.78. The van der Waals surface area contributed by atoms with Crippen molar-refractivity contribution in [3.8, 4) is 0 Å². The number of nitrogens with one attached hydrogen (secondary N) is 1. The van der Waals surface area contributed by atoms with Crippen LogP contribution >= 0.6 is 0 Å². The maximum Gasteiger partial charge on any atom is 0.331 e. The highest BCUT2D eigenvalue weighted by molar-refractivity contribution is 5.84. The van der Waals surface area contributed by atoms with Crippen molar-refractivity contribution >= 4 is 5.97 Å². The molecule has 0 fully saturated rings. The van der Waals surface area contributed by atoms with Crippen molar-refractivity contribution in [3.05, 3.63) is 48.0 Å². The molecule has 0 saturated heterocycles. The maximum absolute atomic E-state index is 12.6. The Morgan fingerprint density at radius 3 is 3.09 bits per heavy atom. The van der Waals surface area contributed by atoms with E-state index >= 15 is 0 Å². The molecule has 22 heavy (non-hydrogen) atoms. The molecular formula is C16H20N4O2. The van der Waals surface area contributed by atoms with Gasteiger partial charge in [0.2, 0.25) is 0 Å². The quantitative estimate of drug-likeness (QED) is 0.814. The average molecular weight is 300 g/mol. The predicted octanol–water partition coefficient (Wildman–Crippen LogP) is 1.27. The molecule has 1 atom stereocenters. The maximum atomic E-state index is 12.6. The molecule has 1 heterocycles. The highest BCUT2D eigenvalue weighted by atomic mass is 16.5. The van der Waals surface area contributed by atoms with Crippen molar-refractivity contribution in [1.82, 2.24) is 20.1 Å². The van der Waals surface area contributed by atoms with Gasteiger partial charge in [0.25, 0.3) is 0 Å². The lowest BCUT2D eigenvalue weighted by Gasteiger charge is -2.29. The summed E-state index contributed by atoms with van der Waals surface area (Å²) in [6.45, 7) is 3.50. The van der Waals surface area contributed by atoms with E-state index in [1.165, 1.54) is 11.9 Å². The minimum absolute atomic E-state index is 0.196. The van der Waals surface area contributed by atoms with Gasteiger partial charge in [-0.25, -0.2) is 9.78 Å². The van der Waals surface area contributed by atoms with E-state index in [1.807, 2.05) is 25.1 Å². The van der Waals surface area contributed by atoms with E-state index in [4.69, 9.17) is 4.74 Å². The van der Waals surface area contributed by atoms with E-state index in [2.05, 4.69) is 21.5 Å². The summed E-state index contributed by atoms with van der Waals surface area (Å²) in [5.74, 6) is -0.196. The zero-order valence-corrected chi connectivity index (χ0v) is 12.7. The Morgan fingerprint density at radius 2 is 2.32 bits per heavy atom. The molecule has 116 valence electrons. The van der Waals surface area contributed by atoms with E-state index < -0.39 is 5.54 Å². The minimum atomic E-state index is -0.743. The van der Waals surface area contributed by atoms with Crippen LogP contribution in [0.15, 0.2) is 36.9 Å². The Kier molecular flexibility index (Phi) is 4.20. The molecule has 1 aliphatic carbocycles. The molecule has 0 aliphatic heterocycles. The second-order valence-corrected chi connectivity index (χ2v) is 5.37. The number of ether oxygens (including phenoxy) is 1. The normalized spacial score (nSPS) is 19.9. The molecule has 0 radical (unpaired) electrons. The first-order valence-electron chi connectivity index (χ1n) is 7.59. The largest absolute Gasteiger partial charge is 0.464 e. The number of aromatic nitrogens is 3. The van der Waals surface area contributed by atoms with Gasteiger partial charge in [-0.3, -0.25) is 10.00 Å². The lowest BCUT2D eigenvalue weighted by atomic mass is 9.91. The highest BCUT2D eigenvalue weighted by Gasteiger charge is 2.46. The van der Waals surface area contributed by atoms with Gasteiger partial charge in [-0.05, 0) is 30.9 Å². The number of benzene rings is 1. The Balaban J connectivity index is 1.80. The number of nitrogens with zero attached hydrogens (tertiary/aromatic N) is 3. The van der Waals surface area contributed by atoms with Crippen LogP contribution in [0.3, 0.4) is 0 Å². The van der Waals surface area contributed by atoms with Crippen LogP contribution in [0.5, 0.6) is 0 Å². The van der Waals surface area contributed by atoms with Gasteiger partial charge in [0.05, 0.1) is 13.2 Å². The summed E-state index contributed by atoms with van der Waals surface area (Å²) in [5.41, 5.74) is 1.50. The van der Waals surface area contributed by atoms with Crippen molar-refractivity contribution in [2.45, 2.75) is 31.8 Å². The Labute approximate surface area is 129 Å². The van der Waals surface area contributed by atoms with Gasteiger partial charge in [-0.15, -0.1) is 0 Å². The standard InChI is InChI=1S/C16H20N4O2/c1-2-22-15(21)16(18-9-10-20-12-17-11-19-20)8-7-13-5-3-4-6-14(13)16/h3-6,11-12,18H,2,7-10H2,1H3/t16-/m1/s1. The van der Waals surface area contributed by atoms with E-state index in [1.54, 1.807) is 11.0 Å². The average Bonchev–Trinajstić information content (AvgIpc) is 3.17. The number of esters is 1. The lowest BCUT2D eigenvalue weighted by Crippen LogP contribution is -2.49. The molecule has 0 saturated carbocycles. The van der Waals surface area contributed by atoms with Crippen LogP contribution in [-0.4, -0.2) is 33.9 Å². The second-order valence-electron chi connectivity index (χ2n) is 5.37. The summed E-state index contributed by atoms with van der Waals surface area (Å²) in [5, 5.41) is 7.49. The predicted molar refractivity (Wildman–Crippen MR) is 81.1 cm³/mol. The highest BCUT2D eigenvalue weighted by Crippen LogP contribution is 2.37. The van der Waals surface area contributed by atoms with Crippen molar-refractivity contribution in [2.75, 3.05) is 13.2 Å². The fourth-order valence-corrected chi connectivity index (χ4v) is 3.07. The fraction of sp³-hybridized carbons (Fsp3) is 0.438. The molecule has 0 spiro atoms. The van der Waals surface area contributed by atoms with Gasteiger partial charge in [0.1, 0.15) is 18.2 Å². The van der Waals surface area contributed by atoms with Crippen LogP contribution in [0, 0.1) is 0 Å². The molecule has 0 unspecified atom stereocenters. The van der Waals surface area contributed by atoms with Gasteiger partial charge in [0.15, 0.2) is 0 Å². The Morgan fingerprint density at radius 1 is 1.45 bits per heavy atom. The van der Waals surface area contributed by atoms with Crippen LogP contribution in [0.2, 0.25) is 0 Å². The van der Waals surface area contributed by atoms with Gasteiger partial charge in [-0.2, -0.15) is 5.10 Å². The number of carbonyl (C=O) groups excluding carboxylic acids is 1. The number of fused-ring (bicyclic) bond motifs is 1. The lowest BCUT2D eigenvalue weighted by molar-refractivity contribution is -0.151. The molecule has 0 bridgehead atoms. The summed E-state index contributed by atoms with van der Waals surface area (Å²) in [4.78, 5) is 16.5. The van der Waals surface area contributed by atoms with Crippen LogP contribution in [0.4, 0.5) is 0 Å². The third-order valence-corrected chi connectivity index (χ3v) is 4.10. The topological polar surface area (TPSA) is 69.0 Å². The Bertz CT molecular complexity index is 641. The van der Waals surface area contributed by atoms with Gasteiger partial charge >= 0.3 is 5.97 Å². The van der Waals surface area contributed by atoms with E-state index in [0.717, 1.165) is 18.4 Å². The minimum Gasteiger partial charge on any atom is -0.464 e. The van der Waals surface area contributed by atoms with Crippen molar-refractivity contribution < 1.29 is 9.53 Å². The zero-order chi connectivity index (χ0) is 15.4. The molecule has 6 heteroatoms. The van der Waals surface area contributed by atoms with Crippen molar-refractivity contribution in [2.24, 2.45) is 0 Å². The molecule has 1 N–H and O–H groups in total. The monoisotopic (exact) mass is 300 g/mol. The van der Waals surface area contributed by atoms with E-state index in [-0.39, 0.29) is 5.97 Å². The SMILES string of the molecule is CCOC(=O)[C@@]1(NCCn2cncn2)CCc2ccccc21. The van der Waals surface area contributed by atoms with Gasteiger partial charge in [-0.1, -0.05) is 24.3 Å².